The number of hydrogen-bond acceptors (Lipinski definition) is 4. The number of pyridine rings is 1. The van der Waals surface area contributed by atoms with Crippen LogP contribution in [0.1, 0.15) is 29.7 Å². The lowest BCUT2D eigenvalue weighted by atomic mass is 9.98. The quantitative estimate of drug-likeness (QED) is 0.886. The summed E-state index contributed by atoms with van der Waals surface area (Å²) in [5.74, 6) is 1.59. The average molecular weight is 286 g/mol. The molecule has 1 aromatic heterocycles. The Balaban J connectivity index is 2.47. The monoisotopic (exact) mass is 286 g/mol. The molecule has 21 heavy (non-hydrogen) atoms. The third-order valence-corrected chi connectivity index (χ3v) is 3.39. The number of aryl methyl sites for hydroxylation is 1. The van der Waals surface area contributed by atoms with E-state index >= 15 is 0 Å². The highest BCUT2D eigenvalue weighted by Crippen LogP contribution is 2.33. The number of ether oxygens (including phenoxy) is 2. The molecule has 0 amide bonds. The summed E-state index contributed by atoms with van der Waals surface area (Å²) < 4.78 is 10.8. The lowest BCUT2D eigenvalue weighted by Crippen LogP contribution is -2.22. The maximum absolute atomic E-state index is 5.53. The topological polar surface area (TPSA) is 43.4 Å². The van der Waals surface area contributed by atoms with Crippen molar-refractivity contribution < 1.29 is 9.47 Å². The van der Waals surface area contributed by atoms with E-state index in [0.717, 1.165) is 34.7 Å². The van der Waals surface area contributed by atoms with E-state index in [1.165, 1.54) is 0 Å². The molecule has 0 bridgehead atoms. The standard InChI is InChI=1S/C17H22N2O2/c1-5-19-17(13-8-12(2)10-18-11-13)15-7-6-14(20-3)9-16(15)21-4/h6-11,17,19H,5H2,1-4H3. The Hall–Kier alpha value is -2.07. The Labute approximate surface area is 126 Å². The molecule has 1 aromatic carbocycles. The molecule has 1 atom stereocenters. The van der Waals surface area contributed by atoms with Gasteiger partial charge in [0.25, 0.3) is 0 Å². The van der Waals surface area contributed by atoms with Crippen LogP contribution in [-0.2, 0) is 0 Å². The molecule has 2 aromatic rings. The van der Waals surface area contributed by atoms with Crippen molar-refractivity contribution in [3.05, 3.63) is 53.3 Å². The summed E-state index contributed by atoms with van der Waals surface area (Å²) in [7, 11) is 3.33. The summed E-state index contributed by atoms with van der Waals surface area (Å²) in [6.45, 7) is 4.99. The molecule has 1 N–H and O–H groups in total. The van der Waals surface area contributed by atoms with Crippen molar-refractivity contribution >= 4 is 0 Å². The van der Waals surface area contributed by atoms with Gasteiger partial charge in [0.1, 0.15) is 11.5 Å². The van der Waals surface area contributed by atoms with Crippen molar-refractivity contribution in [2.75, 3.05) is 20.8 Å². The lowest BCUT2D eigenvalue weighted by Gasteiger charge is -2.21. The molecule has 0 saturated carbocycles. The van der Waals surface area contributed by atoms with Crippen LogP contribution in [0.2, 0.25) is 0 Å². The first-order valence-electron chi connectivity index (χ1n) is 7.06. The van der Waals surface area contributed by atoms with Crippen molar-refractivity contribution in [2.24, 2.45) is 0 Å². The fourth-order valence-corrected chi connectivity index (χ4v) is 2.40. The van der Waals surface area contributed by atoms with Gasteiger partial charge in [0.15, 0.2) is 0 Å². The molecule has 0 radical (unpaired) electrons. The lowest BCUT2D eigenvalue weighted by molar-refractivity contribution is 0.387. The highest BCUT2D eigenvalue weighted by molar-refractivity contribution is 5.46. The first kappa shape index (κ1) is 15.3. The Kier molecular flexibility index (Phi) is 5.17. The van der Waals surface area contributed by atoms with Crippen molar-refractivity contribution in [1.29, 1.82) is 0 Å². The predicted molar refractivity (Wildman–Crippen MR) is 84.0 cm³/mol. The molecule has 1 unspecified atom stereocenters. The number of methoxy groups -OCH3 is 2. The second kappa shape index (κ2) is 7.09. The molecule has 1 heterocycles. The molecule has 0 aliphatic carbocycles. The van der Waals surface area contributed by atoms with Crippen molar-refractivity contribution in [1.82, 2.24) is 10.3 Å². The van der Waals surface area contributed by atoms with Crippen LogP contribution in [0.3, 0.4) is 0 Å². The number of nitrogens with one attached hydrogen (secondary N) is 1. The Morgan fingerprint density at radius 3 is 2.57 bits per heavy atom. The molecule has 4 nitrogen and oxygen atoms in total. The SMILES string of the molecule is CCNC(c1cncc(C)c1)c1ccc(OC)cc1OC. The highest BCUT2D eigenvalue weighted by Gasteiger charge is 2.18. The Morgan fingerprint density at radius 1 is 1.14 bits per heavy atom. The molecule has 0 saturated heterocycles. The van der Waals surface area contributed by atoms with Gasteiger partial charge < -0.3 is 14.8 Å². The minimum atomic E-state index is 0.0447. The zero-order valence-corrected chi connectivity index (χ0v) is 13.0. The van der Waals surface area contributed by atoms with Gasteiger partial charge in [-0.2, -0.15) is 0 Å². The van der Waals surface area contributed by atoms with Gasteiger partial charge in [0, 0.05) is 24.0 Å². The predicted octanol–water partition coefficient (Wildman–Crippen LogP) is 3.11. The van der Waals surface area contributed by atoms with E-state index in [4.69, 9.17) is 9.47 Å². The summed E-state index contributed by atoms with van der Waals surface area (Å²) in [5, 5.41) is 3.49. The maximum atomic E-state index is 5.53. The summed E-state index contributed by atoms with van der Waals surface area (Å²) in [6.07, 6.45) is 3.75. The van der Waals surface area contributed by atoms with Gasteiger partial charge in [0.05, 0.1) is 20.3 Å². The van der Waals surface area contributed by atoms with Gasteiger partial charge in [-0.1, -0.05) is 13.0 Å². The fraction of sp³-hybridized carbons (Fsp3) is 0.353. The summed E-state index contributed by atoms with van der Waals surface area (Å²) in [4.78, 5) is 4.30. The van der Waals surface area contributed by atoms with Crippen LogP contribution in [-0.4, -0.2) is 25.7 Å². The minimum Gasteiger partial charge on any atom is -0.497 e. The number of benzene rings is 1. The molecule has 4 heteroatoms. The van der Waals surface area contributed by atoms with Crippen LogP contribution in [0, 0.1) is 6.92 Å². The van der Waals surface area contributed by atoms with Gasteiger partial charge in [-0.15, -0.1) is 0 Å². The first-order chi connectivity index (χ1) is 10.2. The average Bonchev–Trinajstić information content (AvgIpc) is 2.52. The van der Waals surface area contributed by atoms with Crippen LogP contribution in [0.4, 0.5) is 0 Å². The third kappa shape index (κ3) is 3.52. The zero-order valence-electron chi connectivity index (χ0n) is 13.0. The Morgan fingerprint density at radius 2 is 1.95 bits per heavy atom. The highest BCUT2D eigenvalue weighted by atomic mass is 16.5. The van der Waals surface area contributed by atoms with E-state index in [1.54, 1.807) is 14.2 Å². The minimum absolute atomic E-state index is 0.0447. The molecule has 0 aliphatic heterocycles. The van der Waals surface area contributed by atoms with Crippen molar-refractivity contribution in [3.63, 3.8) is 0 Å². The first-order valence-corrected chi connectivity index (χ1v) is 7.06. The van der Waals surface area contributed by atoms with E-state index in [-0.39, 0.29) is 6.04 Å². The number of hydrogen-bond donors (Lipinski definition) is 1. The van der Waals surface area contributed by atoms with Gasteiger partial charge in [-0.25, -0.2) is 0 Å². The molecular formula is C17H22N2O2. The number of aromatic nitrogens is 1. The van der Waals surface area contributed by atoms with E-state index in [2.05, 4.69) is 23.3 Å². The van der Waals surface area contributed by atoms with Crippen LogP contribution in [0.15, 0.2) is 36.7 Å². The molecule has 112 valence electrons. The van der Waals surface area contributed by atoms with E-state index in [1.807, 2.05) is 37.5 Å². The van der Waals surface area contributed by atoms with Crippen molar-refractivity contribution in [3.8, 4) is 11.5 Å². The number of nitrogens with zero attached hydrogens (tertiary/aromatic N) is 1. The zero-order chi connectivity index (χ0) is 15.2. The van der Waals surface area contributed by atoms with Crippen molar-refractivity contribution in [2.45, 2.75) is 19.9 Å². The fourth-order valence-electron chi connectivity index (χ4n) is 2.40. The molecule has 0 aliphatic rings. The van der Waals surface area contributed by atoms with Gasteiger partial charge in [0.2, 0.25) is 0 Å². The third-order valence-electron chi connectivity index (χ3n) is 3.39. The molecule has 0 fully saturated rings. The number of rotatable bonds is 6. The van der Waals surface area contributed by atoms with Crippen LogP contribution < -0.4 is 14.8 Å². The molecule has 0 spiro atoms. The second-order valence-electron chi connectivity index (χ2n) is 4.89. The summed E-state index contributed by atoms with van der Waals surface area (Å²) >= 11 is 0. The normalized spacial score (nSPS) is 12.0. The maximum Gasteiger partial charge on any atom is 0.127 e. The summed E-state index contributed by atoms with van der Waals surface area (Å²) in [6, 6.07) is 8.08. The van der Waals surface area contributed by atoms with Crippen LogP contribution in [0.25, 0.3) is 0 Å². The van der Waals surface area contributed by atoms with Gasteiger partial charge >= 0.3 is 0 Å². The Bertz CT molecular complexity index is 599. The largest absolute Gasteiger partial charge is 0.497 e. The molecular weight excluding hydrogens is 264 g/mol. The van der Waals surface area contributed by atoms with E-state index in [9.17, 15) is 0 Å². The second-order valence-corrected chi connectivity index (χ2v) is 4.89. The van der Waals surface area contributed by atoms with Crippen LogP contribution >= 0.6 is 0 Å². The van der Waals surface area contributed by atoms with E-state index in [0.29, 0.717) is 0 Å². The van der Waals surface area contributed by atoms with Gasteiger partial charge in [-0.3, -0.25) is 4.98 Å². The summed E-state index contributed by atoms with van der Waals surface area (Å²) in [5.41, 5.74) is 3.34. The van der Waals surface area contributed by atoms with Gasteiger partial charge in [-0.05, 0) is 36.7 Å². The molecule has 2 rings (SSSR count). The van der Waals surface area contributed by atoms with E-state index < -0.39 is 0 Å². The smallest absolute Gasteiger partial charge is 0.127 e. The van der Waals surface area contributed by atoms with Crippen LogP contribution in [0.5, 0.6) is 11.5 Å².